The molecule has 2 aromatic rings. The lowest BCUT2D eigenvalue weighted by molar-refractivity contribution is -0.119. The van der Waals surface area contributed by atoms with Crippen LogP contribution in [-0.2, 0) is 16.1 Å². The number of thiazole rings is 1. The Balaban J connectivity index is 1.84. The molecule has 36 heavy (non-hydrogen) atoms. The molecular formula is C26H30N6O3S. The monoisotopic (exact) mass is 506 g/mol. The van der Waals surface area contributed by atoms with Crippen LogP contribution in [0.2, 0.25) is 0 Å². The number of hydrogen-bond donors (Lipinski definition) is 2. The molecule has 0 saturated carbocycles. The summed E-state index contributed by atoms with van der Waals surface area (Å²) in [6, 6.07) is 9.24. The molecule has 1 aromatic heterocycles. The molecule has 2 heterocycles. The van der Waals surface area contributed by atoms with E-state index in [9.17, 15) is 19.6 Å². The van der Waals surface area contributed by atoms with Crippen molar-refractivity contribution in [2.24, 2.45) is 0 Å². The molecule has 2 N–H and O–H groups in total. The number of carbonyl (C=O) groups excluding carboxylic acids is 2. The van der Waals surface area contributed by atoms with E-state index >= 15 is 0 Å². The van der Waals surface area contributed by atoms with Gasteiger partial charge in [0.05, 0.1) is 13.1 Å². The van der Waals surface area contributed by atoms with E-state index in [-0.39, 0.29) is 28.2 Å². The summed E-state index contributed by atoms with van der Waals surface area (Å²) in [4.78, 5) is 41.9. The highest BCUT2D eigenvalue weighted by Gasteiger charge is 2.18. The van der Waals surface area contributed by atoms with Crippen molar-refractivity contribution in [3.63, 3.8) is 0 Å². The third-order valence-corrected chi connectivity index (χ3v) is 7.04. The fourth-order valence-corrected chi connectivity index (χ4v) is 5.01. The molecule has 1 aromatic carbocycles. The normalized spacial score (nSPS) is 14.9. The summed E-state index contributed by atoms with van der Waals surface area (Å²) < 4.78 is 1.99. The number of anilines is 2. The number of piperidine rings is 1. The molecule has 0 aliphatic carbocycles. The second-order valence-electron chi connectivity index (χ2n) is 8.32. The third-order valence-electron chi connectivity index (χ3n) is 5.91. The summed E-state index contributed by atoms with van der Waals surface area (Å²) >= 11 is 1.05. The van der Waals surface area contributed by atoms with E-state index in [0.717, 1.165) is 43.0 Å². The smallest absolute Gasteiger partial charge is 0.270 e. The summed E-state index contributed by atoms with van der Waals surface area (Å²) in [5.41, 5.74) is 0.953. The Hall–Kier alpha value is -3.86. The van der Waals surface area contributed by atoms with Crippen LogP contribution in [-0.4, -0.2) is 54.5 Å². The van der Waals surface area contributed by atoms with Gasteiger partial charge in [0, 0.05) is 31.2 Å². The SMILES string of the molecule is C#CCNC(=O)/C(C#N)=c1\s/c(=C/Nc2cccc(N(C)C(=O)CN3CCCCC3)c2)c(=O)n1CC. The molecular weight excluding hydrogens is 476 g/mol. The number of nitrogens with one attached hydrogen (secondary N) is 2. The van der Waals surface area contributed by atoms with Crippen LogP contribution < -0.4 is 30.3 Å². The minimum Gasteiger partial charge on any atom is -0.360 e. The van der Waals surface area contributed by atoms with Crippen molar-refractivity contribution in [3.8, 4) is 18.4 Å². The Morgan fingerprint density at radius 1 is 1.28 bits per heavy atom. The maximum atomic E-state index is 12.9. The summed E-state index contributed by atoms with van der Waals surface area (Å²) in [6.45, 7) is 4.34. The molecule has 0 unspecified atom stereocenters. The topological polar surface area (TPSA) is 110 Å². The highest BCUT2D eigenvalue weighted by atomic mass is 32.1. The lowest BCUT2D eigenvalue weighted by atomic mass is 10.1. The van der Waals surface area contributed by atoms with Crippen molar-refractivity contribution in [1.29, 1.82) is 5.26 Å². The van der Waals surface area contributed by atoms with Crippen LogP contribution in [0.5, 0.6) is 0 Å². The Kier molecular flexibility index (Phi) is 9.46. The van der Waals surface area contributed by atoms with Crippen LogP contribution in [0.15, 0.2) is 29.1 Å². The number of aromatic nitrogens is 1. The Labute approximate surface area is 214 Å². The number of likely N-dealkylation sites (N-methyl/N-ethyl adjacent to an activating group) is 1. The number of nitriles is 1. The van der Waals surface area contributed by atoms with Crippen molar-refractivity contribution in [1.82, 2.24) is 14.8 Å². The minimum atomic E-state index is -0.622. The van der Waals surface area contributed by atoms with E-state index in [0.29, 0.717) is 23.3 Å². The van der Waals surface area contributed by atoms with Gasteiger partial charge in [-0.25, -0.2) is 0 Å². The first-order valence-corrected chi connectivity index (χ1v) is 12.6. The Bertz CT molecular complexity index is 1370. The van der Waals surface area contributed by atoms with Crippen molar-refractivity contribution in [3.05, 3.63) is 43.8 Å². The van der Waals surface area contributed by atoms with Gasteiger partial charge in [-0.15, -0.1) is 17.8 Å². The van der Waals surface area contributed by atoms with Crippen molar-refractivity contribution in [2.75, 3.05) is 43.4 Å². The summed E-state index contributed by atoms with van der Waals surface area (Å²) in [7, 11) is 1.76. The number of hydrogen-bond acceptors (Lipinski definition) is 7. The lowest BCUT2D eigenvalue weighted by Crippen LogP contribution is -2.40. The van der Waals surface area contributed by atoms with Gasteiger partial charge in [-0.05, 0) is 51.1 Å². The van der Waals surface area contributed by atoms with Gasteiger partial charge in [-0.2, -0.15) is 5.26 Å². The van der Waals surface area contributed by atoms with Crippen LogP contribution in [0.3, 0.4) is 0 Å². The van der Waals surface area contributed by atoms with E-state index in [1.165, 1.54) is 11.0 Å². The fraction of sp³-hybridized carbons (Fsp3) is 0.385. The van der Waals surface area contributed by atoms with Crippen LogP contribution in [0, 0.1) is 23.7 Å². The van der Waals surface area contributed by atoms with Gasteiger partial charge >= 0.3 is 0 Å². The molecule has 1 saturated heterocycles. The molecule has 1 aliphatic rings. The number of terminal acetylenes is 1. The predicted octanol–water partition coefficient (Wildman–Crippen LogP) is 0.652. The molecule has 188 valence electrons. The molecule has 10 heteroatoms. The van der Waals surface area contributed by atoms with Gasteiger partial charge < -0.3 is 15.5 Å². The molecule has 1 fully saturated rings. The van der Waals surface area contributed by atoms with Crippen LogP contribution >= 0.6 is 11.3 Å². The standard InChI is InChI=1S/C26H30N6O3S/c1-4-12-28-24(34)21(16-27)26-32(5-2)25(35)22(36-26)17-29-19-10-9-11-20(15-19)30(3)23(33)18-31-13-7-6-8-14-31/h1,9-11,15,17,29H,5-8,12-14,18H2,2-3H3,(H,28,34)/b22-17+,26-21-. The van der Waals surface area contributed by atoms with E-state index in [4.69, 9.17) is 6.42 Å². The largest absolute Gasteiger partial charge is 0.360 e. The first-order valence-electron chi connectivity index (χ1n) is 11.8. The van der Waals surface area contributed by atoms with Crippen LogP contribution in [0.25, 0.3) is 11.8 Å². The Morgan fingerprint density at radius 3 is 2.69 bits per heavy atom. The number of benzene rings is 1. The third kappa shape index (κ3) is 6.42. The van der Waals surface area contributed by atoms with Gasteiger partial charge in [0.15, 0.2) is 5.57 Å². The highest BCUT2D eigenvalue weighted by Crippen LogP contribution is 2.19. The van der Waals surface area contributed by atoms with Gasteiger partial charge in [0.2, 0.25) is 5.91 Å². The zero-order valence-electron chi connectivity index (χ0n) is 20.5. The van der Waals surface area contributed by atoms with E-state index in [1.807, 2.05) is 30.3 Å². The van der Waals surface area contributed by atoms with Gasteiger partial charge in [0.1, 0.15) is 15.3 Å². The van der Waals surface area contributed by atoms with Crippen LogP contribution in [0.1, 0.15) is 26.2 Å². The Morgan fingerprint density at radius 2 is 2.03 bits per heavy atom. The average Bonchev–Trinajstić information content (AvgIpc) is 3.21. The molecule has 0 radical (unpaired) electrons. The maximum Gasteiger partial charge on any atom is 0.270 e. The van der Waals surface area contributed by atoms with E-state index < -0.39 is 5.91 Å². The summed E-state index contributed by atoms with van der Waals surface area (Å²) in [5, 5.41) is 15.1. The zero-order chi connectivity index (χ0) is 26.1. The molecule has 1 aliphatic heterocycles. The van der Waals surface area contributed by atoms with Crippen molar-refractivity contribution >= 4 is 46.3 Å². The second kappa shape index (κ2) is 12.7. The number of rotatable bonds is 8. The zero-order valence-corrected chi connectivity index (χ0v) is 21.4. The first-order chi connectivity index (χ1) is 17.4. The molecule has 0 atom stereocenters. The van der Waals surface area contributed by atoms with Gasteiger partial charge in [0.25, 0.3) is 11.5 Å². The average molecular weight is 507 g/mol. The molecule has 3 rings (SSSR count). The number of nitrogens with zero attached hydrogens (tertiary/aromatic N) is 4. The lowest BCUT2D eigenvalue weighted by Gasteiger charge is -2.28. The molecule has 0 spiro atoms. The van der Waals surface area contributed by atoms with Crippen molar-refractivity contribution in [2.45, 2.75) is 32.7 Å². The van der Waals surface area contributed by atoms with Crippen LogP contribution in [0.4, 0.5) is 11.4 Å². The molecule has 0 bridgehead atoms. The van der Waals surface area contributed by atoms with E-state index in [2.05, 4.69) is 21.5 Å². The summed E-state index contributed by atoms with van der Waals surface area (Å²) in [5.74, 6) is 1.69. The van der Waals surface area contributed by atoms with Gasteiger partial charge in [-0.1, -0.05) is 18.4 Å². The summed E-state index contributed by atoms with van der Waals surface area (Å²) in [6.07, 6.45) is 10.2. The maximum absolute atomic E-state index is 12.9. The first kappa shape index (κ1) is 26.7. The fourth-order valence-electron chi connectivity index (χ4n) is 3.92. The molecule has 9 nitrogen and oxygen atoms in total. The number of likely N-dealkylation sites (tertiary alicyclic amines) is 1. The molecule has 2 amide bonds. The van der Waals surface area contributed by atoms with Gasteiger partial charge in [-0.3, -0.25) is 23.9 Å². The second-order valence-corrected chi connectivity index (χ2v) is 9.35. The predicted molar refractivity (Wildman–Crippen MR) is 143 cm³/mol. The quantitative estimate of drug-likeness (QED) is 0.509. The number of carbonyl (C=O) groups is 2. The van der Waals surface area contributed by atoms with Crippen molar-refractivity contribution < 1.29 is 9.59 Å². The minimum absolute atomic E-state index is 0.0163. The highest BCUT2D eigenvalue weighted by molar-refractivity contribution is 7.07. The number of amides is 2. The van der Waals surface area contributed by atoms with E-state index in [1.54, 1.807) is 25.1 Å².